The van der Waals surface area contributed by atoms with Gasteiger partial charge in [0.25, 0.3) is 0 Å². The summed E-state index contributed by atoms with van der Waals surface area (Å²) >= 11 is 0. The topological polar surface area (TPSA) is 49.3 Å². The van der Waals surface area contributed by atoms with E-state index in [-0.39, 0.29) is 5.91 Å². The summed E-state index contributed by atoms with van der Waals surface area (Å²) in [6, 6.07) is 8.20. The summed E-state index contributed by atoms with van der Waals surface area (Å²) in [5.74, 6) is 1.53. The highest BCUT2D eigenvalue weighted by Crippen LogP contribution is 2.47. The normalized spacial score (nSPS) is 22.8. The molecule has 1 fully saturated rings. The van der Waals surface area contributed by atoms with Crippen LogP contribution in [0.15, 0.2) is 36.8 Å². The molecule has 1 unspecified atom stereocenters. The first-order chi connectivity index (χ1) is 12.0. The highest BCUT2D eigenvalue weighted by atomic mass is 16.2. The van der Waals surface area contributed by atoms with Crippen molar-refractivity contribution in [1.29, 1.82) is 0 Å². The zero-order valence-corrected chi connectivity index (χ0v) is 15.1. The molecule has 0 bridgehead atoms. The van der Waals surface area contributed by atoms with Gasteiger partial charge in [0, 0.05) is 37.6 Å². The van der Waals surface area contributed by atoms with Gasteiger partial charge in [-0.25, -0.2) is 9.97 Å². The molecule has 0 aliphatic carbocycles. The molecule has 4 rings (SSSR count). The van der Waals surface area contributed by atoms with Crippen LogP contribution in [0.25, 0.3) is 0 Å². The second kappa shape index (κ2) is 5.83. The molecule has 5 heteroatoms. The lowest BCUT2D eigenvalue weighted by Crippen LogP contribution is -2.52. The molecule has 2 aromatic rings. The van der Waals surface area contributed by atoms with Gasteiger partial charge in [0.05, 0.1) is 5.41 Å². The average Bonchev–Trinajstić information content (AvgIpc) is 2.84. The first kappa shape index (κ1) is 16.1. The Bertz CT molecular complexity index is 819. The third kappa shape index (κ3) is 2.33. The fourth-order valence-electron chi connectivity index (χ4n) is 4.35. The summed E-state index contributed by atoms with van der Waals surface area (Å²) in [4.78, 5) is 26.1. The van der Waals surface area contributed by atoms with Gasteiger partial charge >= 0.3 is 0 Å². The molecular formula is C20H24N4O. The Kier molecular flexibility index (Phi) is 3.74. The van der Waals surface area contributed by atoms with Crippen molar-refractivity contribution in [3.63, 3.8) is 0 Å². The lowest BCUT2D eigenvalue weighted by atomic mass is 9.75. The molecule has 1 atom stereocenters. The summed E-state index contributed by atoms with van der Waals surface area (Å²) < 4.78 is 0. The Hall–Kier alpha value is -2.43. The van der Waals surface area contributed by atoms with Crippen LogP contribution < -0.4 is 9.80 Å². The lowest BCUT2D eigenvalue weighted by molar-refractivity contribution is -0.123. The van der Waals surface area contributed by atoms with Crippen LogP contribution in [0.2, 0.25) is 0 Å². The third-order valence-corrected chi connectivity index (χ3v) is 5.63. The van der Waals surface area contributed by atoms with Crippen molar-refractivity contribution in [3.05, 3.63) is 47.9 Å². The number of benzene rings is 1. The number of hydrogen-bond acceptors (Lipinski definition) is 4. The molecule has 1 aromatic carbocycles. The summed E-state index contributed by atoms with van der Waals surface area (Å²) in [5.41, 5.74) is 2.89. The number of amides is 1. The molecule has 5 nitrogen and oxygen atoms in total. The van der Waals surface area contributed by atoms with Gasteiger partial charge < -0.3 is 9.80 Å². The van der Waals surface area contributed by atoms with Crippen LogP contribution in [-0.2, 0) is 10.2 Å². The number of likely N-dealkylation sites (N-methyl/N-ethyl adjacent to an activating group) is 1. The second-order valence-electron chi connectivity index (χ2n) is 7.44. The van der Waals surface area contributed by atoms with Gasteiger partial charge in [-0.3, -0.25) is 4.79 Å². The molecule has 1 saturated heterocycles. The Morgan fingerprint density at radius 3 is 2.84 bits per heavy atom. The number of carbonyl (C=O) groups excluding carboxylic acids is 1. The highest BCUT2D eigenvalue weighted by Gasteiger charge is 2.51. The highest BCUT2D eigenvalue weighted by molar-refractivity contribution is 6.08. The van der Waals surface area contributed by atoms with E-state index in [1.807, 2.05) is 36.3 Å². The molecule has 2 aliphatic rings. The molecule has 0 radical (unpaired) electrons. The lowest BCUT2D eigenvalue weighted by Gasteiger charge is -2.40. The SMILES string of the molecule is CC(C)c1cncnc1N1CCCC2(C1)C(=O)N(C)c1ccccc12. The molecule has 1 spiro atoms. The molecular weight excluding hydrogens is 312 g/mol. The van der Waals surface area contributed by atoms with E-state index in [1.54, 1.807) is 6.33 Å². The van der Waals surface area contributed by atoms with Gasteiger partial charge in [0.1, 0.15) is 12.1 Å². The summed E-state index contributed by atoms with van der Waals surface area (Å²) in [5, 5.41) is 0. The zero-order valence-electron chi connectivity index (χ0n) is 15.1. The van der Waals surface area contributed by atoms with Crippen LogP contribution in [-0.4, -0.2) is 36.0 Å². The molecule has 3 heterocycles. The minimum atomic E-state index is -0.456. The number of aromatic nitrogens is 2. The zero-order chi connectivity index (χ0) is 17.6. The van der Waals surface area contributed by atoms with E-state index in [2.05, 4.69) is 34.8 Å². The van der Waals surface area contributed by atoms with Gasteiger partial charge in [0.15, 0.2) is 0 Å². The summed E-state index contributed by atoms with van der Waals surface area (Å²) in [6.45, 7) is 5.93. The number of fused-ring (bicyclic) bond motifs is 2. The van der Waals surface area contributed by atoms with Crippen molar-refractivity contribution in [3.8, 4) is 0 Å². The number of nitrogens with zero attached hydrogens (tertiary/aromatic N) is 4. The van der Waals surface area contributed by atoms with E-state index in [4.69, 9.17) is 0 Å². The van der Waals surface area contributed by atoms with Crippen LogP contribution in [0, 0.1) is 0 Å². The van der Waals surface area contributed by atoms with Crippen molar-refractivity contribution in [2.24, 2.45) is 0 Å². The quantitative estimate of drug-likeness (QED) is 0.845. The predicted molar refractivity (Wildman–Crippen MR) is 99.1 cm³/mol. The number of rotatable bonds is 2. The molecule has 0 saturated carbocycles. The minimum absolute atomic E-state index is 0.207. The second-order valence-corrected chi connectivity index (χ2v) is 7.44. The molecule has 1 aromatic heterocycles. The molecule has 1 amide bonds. The maximum absolute atomic E-state index is 13.2. The van der Waals surface area contributed by atoms with E-state index in [0.717, 1.165) is 42.0 Å². The van der Waals surface area contributed by atoms with Crippen molar-refractivity contribution in [2.45, 2.75) is 38.0 Å². The maximum atomic E-state index is 13.2. The minimum Gasteiger partial charge on any atom is -0.355 e. The number of carbonyl (C=O) groups is 1. The van der Waals surface area contributed by atoms with Crippen LogP contribution in [0.3, 0.4) is 0 Å². The van der Waals surface area contributed by atoms with Crippen molar-refractivity contribution in [2.75, 3.05) is 29.9 Å². The first-order valence-corrected chi connectivity index (χ1v) is 8.97. The molecule has 130 valence electrons. The van der Waals surface area contributed by atoms with Crippen LogP contribution in [0.5, 0.6) is 0 Å². The maximum Gasteiger partial charge on any atom is 0.239 e. The van der Waals surface area contributed by atoms with Gasteiger partial charge in [0.2, 0.25) is 5.91 Å². The van der Waals surface area contributed by atoms with E-state index in [1.165, 1.54) is 0 Å². The van der Waals surface area contributed by atoms with Crippen LogP contribution in [0.4, 0.5) is 11.5 Å². The van der Waals surface area contributed by atoms with Gasteiger partial charge in [-0.05, 0) is 30.4 Å². The summed E-state index contributed by atoms with van der Waals surface area (Å²) in [6.07, 6.45) is 5.39. The number of anilines is 2. The predicted octanol–water partition coefficient (Wildman–Crippen LogP) is 3.11. The first-order valence-electron chi connectivity index (χ1n) is 8.97. The third-order valence-electron chi connectivity index (χ3n) is 5.63. The summed E-state index contributed by atoms with van der Waals surface area (Å²) in [7, 11) is 1.89. The van der Waals surface area contributed by atoms with Gasteiger partial charge in [-0.2, -0.15) is 0 Å². The Morgan fingerprint density at radius 2 is 2.04 bits per heavy atom. The number of piperidine rings is 1. The van der Waals surface area contributed by atoms with Gasteiger partial charge in [-0.15, -0.1) is 0 Å². The standard InChI is InChI=1S/C20H24N4O/c1-14(2)15-11-21-13-22-18(15)24-10-6-9-20(12-24)16-7-4-5-8-17(16)23(3)19(20)25/h4-5,7-8,11,13-14H,6,9-10,12H2,1-3H3. The van der Waals surface area contributed by atoms with Gasteiger partial charge in [-0.1, -0.05) is 32.0 Å². The van der Waals surface area contributed by atoms with E-state index in [0.29, 0.717) is 12.5 Å². The largest absolute Gasteiger partial charge is 0.355 e. The van der Waals surface area contributed by atoms with Crippen LogP contribution >= 0.6 is 0 Å². The van der Waals surface area contributed by atoms with Crippen molar-refractivity contribution < 1.29 is 4.79 Å². The van der Waals surface area contributed by atoms with Crippen molar-refractivity contribution >= 4 is 17.4 Å². The van der Waals surface area contributed by atoms with Crippen LogP contribution in [0.1, 0.15) is 43.7 Å². The fourth-order valence-corrected chi connectivity index (χ4v) is 4.35. The fraction of sp³-hybridized carbons (Fsp3) is 0.450. The Balaban J connectivity index is 1.77. The molecule has 2 aliphatic heterocycles. The monoisotopic (exact) mass is 336 g/mol. The van der Waals surface area contributed by atoms with E-state index < -0.39 is 5.41 Å². The molecule has 25 heavy (non-hydrogen) atoms. The smallest absolute Gasteiger partial charge is 0.239 e. The average molecular weight is 336 g/mol. The number of para-hydroxylation sites is 1. The van der Waals surface area contributed by atoms with Crippen molar-refractivity contribution in [1.82, 2.24) is 9.97 Å². The Labute approximate surface area is 148 Å². The molecule has 0 N–H and O–H groups in total. The number of hydrogen-bond donors (Lipinski definition) is 0. The van der Waals surface area contributed by atoms with E-state index in [9.17, 15) is 4.79 Å². The van der Waals surface area contributed by atoms with E-state index >= 15 is 0 Å². The Morgan fingerprint density at radius 1 is 1.24 bits per heavy atom.